The number of para-hydroxylation sites is 1. The molecule has 1 aromatic heterocycles. The van der Waals surface area contributed by atoms with Gasteiger partial charge in [-0.25, -0.2) is 4.39 Å². The Morgan fingerprint density at radius 3 is 2.74 bits per heavy atom. The first kappa shape index (κ1) is 19.1. The Balaban J connectivity index is 1.67. The van der Waals surface area contributed by atoms with Gasteiger partial charge < -0.3 is 15.4 Å². The Hall–Kier alpha value is -2.68. The lowest BCUT2D eigenvalue weighted by molar-refractivity contribution is -0.137. The minimum atomic E-state index is -4.54. The number of ether oxygens (including phenoxy) is 1. The van der Waals surface area contributed by atoms with Gasteiger partial charge in [-0.1, -0.05) is 12.1 Å². The molecule has 0 radical (unpaired) electrons. The van der Waals surface area contributed by atoms with E-state index in [9.17, 15) is 22.4 Å². The van der Waals surface area contributed by atoms with E-state index in [1.807, 2.05) is 0 Å². The molecule has 144 valence electrons. The summed E-state index contributed by atoms with van der Waals surface area (Å²) < 4.78 is 58.4. The predicted molar refractivity (Wildman–Crippen MR) is 89.7 cm³/mol. The highest BCUT2D eigenvalue weighted by Crippen LogP contribution is 2.35. The fourth-order valence-corrected chi connectivity index (χ4v) is 2.72. The second kappa shape index (κ2) is 7.91. The highest BCUT2D eigenvalue weighted by molar-refractivity contribution is 5.78. The molecule has 1 fully saturated rings. The van der Waals surface area contributed by atoms with Crippen LogP contribution in [0, 0.1) is 11.7 Å². The summed E-state index contributed by atoms with van der Waals surface area (Å²) in [5, 5.41) is 5.12. The zero-order valence-corrected chi connectivity index (χ0v) is 14.1. The Labute approximate surface area is 152 Å². The van der Waals surface area contributed by atoms with Crippen molar-refractivity contribution in [3.05, 3.63) is 53.6 Å². The SMILES string of the molecule is O=C(NCc1ncc(Nc2ccccc2C(F)(F)F)cc1F)[C@@H]1CCOC1. The van der Waals surface area contributed by atoms with E-state index in [1.54, 1.807) is 0 Å². The van der Waals surface area contributed by atoms with Crippen molar-refractivity contribution in [2.75, 3.05) is 18.5 Å². The molecule has 2 N–H and O–H groups in total. The van der Waals surface area contributed by atoms with E-state index in [0.717, 1.165) is 12.1 Å². The maximum Gasteiger partial charge on any atom is 0.418 e. The lowest BCUT2D eigenvalue weighted by Crippen LogP contribution is -2.31. The van der Waals surface area contributed by atoms with Crippen molar-refractivity contribution in [2.45, 2.75) is 19.1 Å². The molecule has 1 aliphatic heterocycles. The summed E-state index contributed by atoms with van der Waals surface area (Å²) in [6, 6.07) is 5.94. The summed E-state index contributed by atoms with van der Waals surface area (Å²) >= 11 is 0. The third-order valence-corrected chi connectivity index (χ3v) is 4.16. The molecule has 5 nitrogen and oxygen atoms in total. The fourth-order valence-electron chi connectivity index (χ4n) is 2.72. The van der Waals surface area contributed by atoms with Gasteiger partial charge in [-0.15, -0.1) is 0 Å². The van der Waals surface area contributed by atoms with E-state index >= 15 is 0 Å². The minimum Gasteiger partial charge on any atom is -0.381 e. The Bertz CT molecular complexity index is 820. The molecule has 1 aromatic carbocycles. The van der Waals surface area contributed by atoms with Gasteiger partial charge in [-0.05, 0) is 18.6 Å². The van der Waals surface area contributed by atoms with Gasteiger partial charge in [0.2, 0.25) is 5.91 Å². The third kappa shape index (κ3) is 4.73. The minimum absolute atomic E-state index is 0.00285. The lowest BCUT2D eigenvalue weighted by atomic mass is 10.1. The average molecular weight is 383 g/mol. The van der Waals surface area contributed by atoms with Crippen LogP contribution in [-0.2, 0) is 22.3 Å². The fraction of sp³-hybridized carbons (Fsp3) is 0.333. The molecule has 0 unspecified atom stereocenters. The van der Waals surface area contributed by atoms with Gasteiger partial charge in [-0.2, -0.15) is 13.2 Å². The number of amides is 1. The van der Waals surface area contributed by atoms with Crippen molar-refractivity contribution in [1.29, 1.82) is 0 Å². The van der Waals surface area contributed by atoms with Crippen molar-refractivity contribution in [3.8, 4) is 0 Å². The second-order valence-electron chi connectivity index (χ2n) is 6.10. The van der Waals surface area contributed by atoms with Crippen LogP contribution in [0.2, 0.25) is 0 Å². The van der Waals surface area contributed by atoms with Crippen LogP contribution in [0.1, 0.15) is 17.7 Å². The zero-order chi connectivity index (χ0) is 19.4. The molecule has 0 saturated carbocycles. The molecule has 9 heteroatoms. The third-order valence-electron chi connectivity index (χ3n) is 4.16. The maximum absolute atomic E-state index is 14.2. The van der Waals surface area contributed by atoms with Crippen molar-refractivity contribution in [3.63, 3.8) is 0 Å². The number of alkyl halides is 3. The number of carbonyl (C=O) groups is 1. The van der Waals surface area contributed by atoms with Crippen LogP contribution in [0.3, 0.4) is 0 Å². The first-order chi connectivity index (χ1) is 12.8. The van der Waals surface area contributed by atoms with Gasteiger partial charge in [0.1, 0.15) is 5.82 Å². The molecule has 2 heterocycles. The summed E-state index contributed by atoms with van der Waals surface area (Å²) in [6.45, 7) is 0.744. The monoisotopic (exact) mass is 383 g/mol. The lowest BCUT2D eigenvalue weighted by Gasteiger charge is -2.15. The molecular weight excluding hydrogens is 366 g/mol. The van der Waals surface area contributed by atoms with Gasteiger partial charge in [0.25, 0.3) is 0 Å². The molecule has 1 saturated heterocycles. The van der Waals surface area contributed by atoms with E-state index < -0.39 is 17.6 Å². The maximum atomic E-state index is 14.2. The van der Waals surface area contributed by atoms with E-state index in [1.165, 1.54) is 24.4 Å². The Morgan fingerprint density at radius 2 is 2.07 bits per heavy atom. The number of hydrogen-bond acceptors (Lipinski definition) is 4. The first-order valence-corrected chi connectivity index (χ1v) is 8.27. The van der Waals surface area contributed by atoms with Crippen molar-refractivity contribution in [1.82, 2.24) is 10.3 Å². The topological polar surface area (TPSA) is 63.2 Å². The number of rotatable bonds is 5. The summed E-state index contributed by atoms with van der Waals surface area (Å²) in [6.07, 6.45) is -2.70. The van der Waals surface area contributed by atoms with E-state index in [4.69, 9.17) is 4.74 Å². The van der Waals surface area contributed by atoms with Gasteiger partial charge in [0.05, 0.1) is 47.9 Å². The average Bonchev–Trinajstić information content (AvgIpc) is 3.15. The number of carbonyl (C=O) groups excluding carboxylic acids is 1. The quantitative estimate of drug-likeness (QED) is 0.774. The van der Waals surface area contributed by atoms with E-state index in [0.29, 0.717) is 19.6 Å². The molecule has 3 rings (SSSR count). The van der Waals surface area contributed by atoms with Crippen molar-refractivity contribution < 1.29 is 27.1 Å². The van der Waals surface area contributed by atoms with Crippen LogP contribution >= 0.6 is 0 Å². The number of nitrogens with one attached hydrogen (secondary N) is 2. The van der Waals surface area contributed by atoms with Crippen LogP contribution in [-0.4, -0.2) is 24.1 Å². The van der Waals surface area contributed by atoms with E-state index in [-0.39, 0.29) is 35.4 Å². The molecule has 0 aliphatic carbocycles. The summed E-state index contributed by atoms with van der Waals surface area (Å²) in [4.78, 5) is 15.8. The van der Waals surface area contributed by atoms with Gasteiger partial charge in [0, 0.05) is 12.7 Å². The second-order valence-corrected chi connectivity index (χ2v) is 6.10. The molecule has 27 heavy (non-hydrogen) atoms. The normalized spacial score (nSPS) is 17.0. The van der Waals surface area contributed by atoms with Crippen LogP contribution in [0.5, 0.6) is 0 Å². The smallest absolute Gasteiger partial charge is 0.381 e. The number of nitrogens with zero attached hydrogens (tertiary/aromatic N) is 1. The molecule has 1 amide bonds. The van der Waals surface area contributed by atoms with Crippen LogP contribution in [0.25, 0.3) is 0 Å². The molecule has 1 aliphatic rings. The largest absolute Gasteiger partial charge is 0.418 e. The molecule has 0 bridgehead atoms. The Morgan fingerprint density at radius 1 is 1.30 bits per heavy atom. The Kier molecular flexibility index (Phi) is 5.59. The van der Waals surface area contributed by atoms with Crippen LogP contribution < -0.4 is 10.6 Å². The van der Waals surface area contributed by atoms with Crippen LogP contribution in [0.4, 0.5) is 28.9 Å². The number of benzene rings is 1. The number of halogens is 4. The summed E-state index contributed by atoms with van der Waals surface area (Å²) in [7, 11) is 0. The van der Waals surface area contributed by atoms with Crippen LogP contribution in [0.15, 0.2) is 36.5 Å². The predicted octanol–water partition coefficient (Wildman–Crippen LogP) is 3.64. The highest BCUT2D eigenvalue weighted by Gasteiger charge is 2.33. The van der Waals surface area contributed by atoms with Gasteiger partial charge in [-0.3, -0.25) is 9.78 Å². The number of aromatic nitrogens is 1. The number of anilines is 2. The van der Waals surface area contributed by atoms with E-state index in [2.05, 4.69) is 15.6 Å². The zero-order valence-electron chi connectivity index (χ0n) is 14.1. The molecule has 0 spiro atoms. The first-order valence-electron chi connectivity index (χ1n) is 8.27. The van der Waals surface area contributed by atoms with Gasteiger partial charge in [0.15, 0.2) is 0 Å². The summed E-state index contributed by atoms with van der Waals surface area (Å²) in [5.74, 6) is -1.23. The standard InChI is InChI=1S/C18H17F4N3O2/c19-14-7-12(25-15-4-2-1-3-13(15)18(20,21)22)8-23-16(14)9-24-17(26)11-5-6-27-10-11/h1-4,7-8,11,25H,5-6,9-10H2,(H,24,26)/t11-/m1/s1. The van der Waals surface area contributed by atoms with Crippen molar-refractivity contribution in [2.24, 2.45) is 5.92 Å². The number of pyridine rings is 1. The highest BCUT2D eigenvalue weighted by atomic mass is 19.4. The summed E-state index contributed by atoms with van der Waals surface area (Å²) in [5.41, 5.74) is -0.991. The van der Waals surface area contributed by atoms with Gasteiger partial charge >= 0.3 is 6.18 Å². The molecule has 1 atom stereocenters. The molecular formula is C18H17F4N3O2. The number of hydrogen-bond donors (Lipinski definition) is 2. The van der Waals surface area contributed by atoms with Crippen molar-refractivity contribution >= 4 is 17.3 Å². The molecule has 2 aromatic rings.